The fraction of sp³-hybridized carbons (Fsp3) is 0.304. The molecule has 0 saturated heterocycles. The number of ether oxygens (including phenoxy) is 1. The summed E-state index contributed by atoms with van der Waals surface area (Å²) < 4.78 is 7.18. The average Bonchev–Trinajstić information content (AvgIpc) is 3.30. The van der Waals surface area contributed by atoms with Crippen molar-refractivity contribution < 1.29 is 9.53 Å². The van der Waals surface area contributed by atoms with Gasteiger partial charge in [0.1, 0.15) is 17.6 Å². The SMILES string of the molecule is COc1ccc(C(NC(=O)N[C@@H]2Cc3ccccc3[C@@H]2C)c2nccn2C)cc1. The van der Waals surface area contributed by atoms with Gasteiger partial charge >= 0.3 is 6.03 Å². The Kier molecular flexibility index (Phi) is 5.25. The van der Waals surface area contributed by atoms with Crippen molar-refractivity contribution in [1.29, 1.82) is 0 Å². The van der Waals surface area contributed by atoms with Crippen LogP contribution in [0.3, 0.4) is 0 Å². The maximum atomic E-state index is 12.9. The van der Waals surface area contributed by atoms with Crippen molar-refractivity contribution in [2.45, 2.75) is 31.3 Å². The van der Waals surface area contributed by atoms with Crippen LogP contribution in [-0.2, 0) is 13.5 Å². The Morgan fingerprint density at radius 2 is 1.97 bits per heavy atom. The first kappa shape index (κ1) is 19.1. The molecule has 0 fully saturated rings. The van der Waals surface area contributed by atoms with Gasteiger partial charge in [-0.05, 0) is 35.2 Å². The van der Waals surface area contributed by atoms with Crippen LogP contribution in [0.1, 0.15) is 41.4 Å². The smallest absolute Gasteiger partial charge is 0.315 e. The van der Waals surface area contributed by atoms with Gasteiger partial charge in [0.2, 0.25) is 0 Å². The number of hydrogen-bond acceptors (Lipinski definition) is 3. The van der Waals surface area contributed by atoms with Crippen LogP contribution in [-0.4, -0.2) is 28.7 Å². The minimum Gasteiger partial charge on any atom is -0.497 e. The summed E-state index contributed by atoms with van der Waals surface area (Å²) in [6, 6.07) is 15.6. The van der Waals surface area contributed by atoms with E-state index in [2.05, 4.69) is 46.8 Å². The van der Waals surface area contributed by atoms with E-state index in [0.717, 1.165) is 23.6 Å². The lowest BCUT2D eigenvalue weighted by molar-refractivity contribution is 0.233. The van der Waals surface area contributed by atoms with E-state index in [1.807, 2.05) is 42.1 Å². The molecule has 1 heterocycles. The lowest BCUT2D eigenvalue weighted by Gasteiger charge is -2.23. The van der Waals surface area contributed by atoms with Crippen LogP contribution >= 0.6 is 0 Å². The van der Waals surface area contributed by atoms with Crippen molar-refractivity contribution in [1.82, 2.24) is 20.2 Å². The van der Waals surface area contributed by atoms with Gasteiger partial charge < -0.3 is 19.9 Å². The van der Waals surface area contributed by atoms with E-state index in [1.165, 1.54) is 11.1 Å². The summed E-state index contributed by atoms with van der Waals surface area (Å²) in [6.45, 7) is 2.16. The number of fused-ring (bicyclic) bond motifs is 1. The van der Waals surface area contributed by atoms with Gasteiger partial charge in [0.05, 0.1) is 7.11 Å². The molecule has 6 nitrogen and oxygen atoms in total. The topological polar surface area (TPSA) is 68.2 Å². The number of nitrogens with one attached hydrogen (secondary N) is 2. The van der Waals surface area contributed by atoms with Crippen LogP contribution in [0.4, 0.5) is 4.79 Å². The minimum atomic E-state index is -0.361. The van der Waals surface area contributed by atoms with E-state index < -0.39 is 0 Å². The lowest BCUT2D eigenvalue weighted by Crippen LogP contribution is -2.45. The van der Waals surface area contributed by atoms with Crippen molar-refractivity contribution in [3.05, 3.63) is 83.4 Å². The highest BCUT2D eigenvalue weighted by molar-refractivity contribution is 5.75. The molecule has 2 amide bonds. The summed E-state index contributed by atoms with van der Waals surface area (Å²) in [4.78, 5) is 17.4. The molecular weight excluding hydrogens is 364 g/mol. The first-order valence-corrected chi connectivity index (χ1v) is 9.83. The molecule has 150 valence electrons. The van der Waals surface area contributed by atoms with Crippen molar-refractivity contribution in [2.24, 2.45) is 7.05 Å². The van der Waals surface area contributed by atoms with E-state index in [1.54, 1.807) is 13.3 Å². The predicted octanol–water partition coefficient (Wildman–Crippen LogP) is 3.55. The number of carbonyl (C=O) groups excluding carboxylic acids is 1. The Morgan fingerprint density at radius 1 is 1.21 bits per heavy atom. The molecule has 0 bridgehead atoms. The quantitative estimate of drug-likeness (QED) is 0.700. The van der Waals surface area contributed by atoms with Crippen molar-refractivity contribution in [2.75, 3.05) is 7.11 Å². The number of aromatic nitrogens is 2. The molecular formula is C23H26N4O2. The zero-order chi connectivity index (χ0) is 20.4. The third kappa shape index (κ3) is 3.83. The van der Waals surface area contributed by atoms with E-state index in [0.29, 0.717) is 0 Å². The second kappa shape index (κ2) is 7.99. The Morgan fingerprint density at radius 3 is 2.62 bits per heavy atom. The lowest BCUT2D eigenvalue weighted by atomic mass is 10.0. The molecule has 0 saturated carbocycles. The number of imidazole rings is 1. The fourth-order valence-corrected chi connectivity index (χ4v) is 4.06. The highest BCUT2D eigenvalue weighted by Gasteiger charge is 2.31. The summed E-state index contributed by atoms with van der Waals surface area (Å²) >= 11 is 0. The zero-order valence-electron chi connectivity index (χ0n) is 16.9. The molecule has 4 rings (SSSR count). The van der Waals surface area contributed by atoms with Crippen LogP contribution in [0.15, 0.2) is 60.9 Å². The third-order valence-electron chi connectivity index (χ3n) is 5.75. The summed E-state index contributed by atoms with van der Waals surface area (Å²) in [7, 11) is 3.56. The summed E-state index contributed by atoms with van der Waals surface area (Å²) in [5.74, 6) is 1.83. The van der Waals surface area contributed by atoms with Gasteiger partial charge in [-0.3, -0.25) is 0 Å². The standard InChI is InChI=1S/C23H26N4O2/c1-15-19-7-5-4-6-17(19)14-20(15)25-23(28)26-21(22-24-12-13-27(22)2)16-8-10-18(29-3)11-9-16/h4-13,15,20-21H,14H2,1-3H3,(H2,25,26,28)/t15-,20+,21?/m0/s1. The fourth-order valence-electron chi connectivity index (χ4n) is 4.06. The molecule has 0 aliphatic heterocycles. The number of nitrogens with zero attached hydrogens (tertiary/aromatic N) is 2. The monoisotopic (exact) mass is 390 g/mol. The maximum Gasteiger partial charge on any atom is 0.315 e. The van der Waals surface area contributed by atoms with E-state index in [4.69, 9.17) is 4.74 Å². The van der Waals surface area contributed by atoms with Gasteiger partial charge in [-0.15, -0.1) is 0 Å². The van der Waals surface area contributed by atoms with Crippen molar-refractivity contribution in [3.8, 4) is 5.75 Å². The molecule has 2 aromatic carbocycles. The van der Waals surface area contributed by atoms with E-state index in [-0.39, 0.29) is 24.0 Å². The predicted molar refractivity (Wildman–Crippen MR) is 112 cm³/mol. The number of rotatable bonds is 5. The first-order valence-electron chi connectivity index (χ1n) is 9.83. The molecule has 0 spiro atoms. The second-order valence-corrected chi connectivity index (χ2v) is 7.52. The number of benzene rings is 2. The Bertz CT molecular complexity index is 996. The van der Waals surface area contributed by atoms with Crippen LogP contribution in [0, 0.1) is 0 Å². The molecule has 1 aliphatic rings. The summed E-state index contributed by atoms with van der Waals surface area (Å²) in [6.07, 6.45) is 4.46. The molecule has 1 aromatic heterocycles. The number of urea groups is 1. The molecule has 29 heavy (non-hydrogen) atoms. The van der Waals surface area contributed by atoms with Gasteiger partial charge in [0.15, 0.2) is 0 Å². The maximum absolute atomic E-state index is 12.9. The van der Waals surface area contributed by atoms with Gasteiger partial charge in [0, 0.05) is 31.4 Å². The molecule has 3 atom stereocenters. The molecule has 0 radical (unpaired) electrons. The number of carbonyl (C=O) groups is 1. The molecule has 2 N–H and O–H groups in total. The number of amides is 2. The molecule has 1 aliphatic carbocycles. The number of methoxy groups -OCH3 is 1. The summed E-state index contributed by atoms with van der Waals surface area (Å²) in [5.41, 5.74) is 3.56. The van der Waals surface area contributed by atoms with Crippen molar-refractivity contribution >= 4 is 6.03 Å². The Hall–Kier alpha value is -3.28. The normalized spacial score (nSPS) is 18.7. The summed E-state index contributed by atoms with van der Waals surface area (Å²) in [5, 5.41) is 6.28. The van der Waals surface area contributed by atoms with Crippen LogP contribution in [0.25, 0.3) is 0 Å². The average molecular weight is 390 g/mol. The molecule has 6 heteroatoms. The van der Waals surface area contributed by atoms with Crippen LogP contribution in [0.5, 0.6) is 5.75 Å². The number of hydrogen-bond donors (Lipinski definition) is 2. The Labute approximate surface area is 170 Å². The zero-order valence-corrected chi connectivity index (χ0v) is 16.9. The first-order chi connectivity index (χ1) is 14.1. The van der Waals surface area contributed by atoms with E-state index in [9.17, 15) is 4.79 Å². The number of aryl methyl sites for hydroxylation is 1. The van der Waals surface area contributed by atoms with E-state index >= 15 is 0 Å². The van der Waals surface area contributed by atoms with Gasteiger partial charge in [-0.1, -0.05) is 43.3 Å². The van der Waals surface area contributed by atoms with Gasteiger partial charge in [-0.2, -0.15) is 0 Å². The van der Waals surface area contributed by atoms with Gasteiger partial charge in [-0.25, -0.2) is 9.78 Å². The highest BCUT2D eigenvalue weighted by Crippen LogP contribution is 2.32. The highest BCUT2D eigenvalue weighted by atomic mass is 16.5. The van der Waals surface area contributed by atoms with Crippen LogP contribution in [0.2, 0.25) is 0 Å². The van der Waals surface area contributed by atoms with Crippen molar-refractivity contribution in [3.63, 3.8) is 0 Å². The van der Waals surface area contributed by atoms with Crippen LogP contribution < -0.4 is 15.4 Å². The Balaban J connectivity index is 1.52. The molecule has 3 aromatic rings. The molecule has 1 unspecified atom stereocenters. The third-order valence-corrected chi connectivity index (χ3v) is 5.75. The minimum absolute atomic E-state index is 0.0743. The largest absolute Gasteiger partial charge is 0.497 e. The van der Waals surface area contributed by atoms with Gasteiger partial charge in [0.25, 0.3) is 0 Å². The second-order valence-electron chi connectivity index (χ2n) is 7.52.